The van der Waals surface area contributed by atoms with Crippen molar-refractivity contribution in [2.75, 3.05) is 13.2 Å². The van der Waals surface area contributed by atoms with E-state index < -0.39 is 0 Å². The van der Waals surface area contributed by atoms with Gasteiger partial charge in [0.15, 0.2) is 0 Å². The van der Waals surface area contributed by atoms with Gasteiger partial charge in [-0.15, -0.1) is 0 Å². The summed E-state index contributed by atoms with van der Waals surface area (Å²) in [6, 6.07) is -0.0653. The van der Waals surface area contributed by atoms with Gasteiger partial charge in [-0.3, -0.25) is 4.79 Å². The fourth-order valence-electron chi connectivity index (χ4n) is 2.35. The van der Waals surface area contributed by atoms with Gasteiger partial charge in [-0.25, -0.2) is 0 Å². The highest BCUT2D eigenvalue weighted by Gasteiger charge is 2.47. The summed E-state index contributed by atoms with van der Waals surface area (Å²) in [5.41, 5.74) is 0. The summed E-state index contributed by atoms with van der Waals surface area (Å²) in [6.45, 7) is 2.60. The van der Waals surface area contributed by atoms with Gasteiger partial charge in [-0.05, 0) is 6.92 Å². The number of carbonyl (C=O) groups is 2. The zero-order valence-corrected chi connectivity index (χ0v) is 8.64. The van der Waals surface area contributed by atoms with E-state index in [1.807, 2.05) is 0 Å². The molecular weight excluding hydrogens is 198 g/mol. The molecule has 0 bridgehead atoms. The topological polar surface area (TPSA) is 64.6 Å². The third-order valence-electron chi connectivity index (χ3n) is 2.99. The van der Waals surface area contributed by atoms with E-state index >= 15 is 0 Å². The van der Waals surface area contributed by atoms with Crippen molar-refractivity contribution >= 4 is 12.2 Å². The van der Waals surface area contributed by atoms with Crippen molar-refractivity contribution in [2.24, 2.45) is 5.92 Å². The van der Waals surface area contributed by atoms with Crippen molar-refractivity contribution in [2.45, 2.75) is 31.6 Å². The number of hydrogen-bond donors (Lipinski definition) is 1. The number of ketones is 1. The Kier molecular flexibility index (Phi) is 3.02. The summed E-state index contributed by atoms with van der Waals surface area (Å²) >= 11 is 0. The molecule has 1 N–H and O–H groups in total. The van der Waals surface area contributed by atoms with Crippen LogP contribution in [0.3, 0.4) is 0 Å². The fraction of sp³-hybridized carbons (Fsp3) is 0.800. The van der Waals surface area contributed by atoms with Gasteiger partial charge in [0.2, 0.25) is 6.41 Å². The average molecular weight is 213 g/mol. The molecule has 0 saturated carbocycles. The van der Waals surface area contributed by atoms with Gasteiger partial charge in [0.05, 0.1) is 25.4 Å². The minimum absolute atomic E-state index is 0.0358. The molecule has 4 unspecified atom stereocenters. The smallest absolute Gasteiger partial charge is 0.207 e. The lowest BCUT2D eigenvalue weighted by Gasteiger charge is -2.15. The van der Waals surface area contributed by atoms with Gasteiger partial charge in [0, 0.05) is 12.3 Å². The molecule has 0 aromatic carbocycles. The van der Waals surface area contributed by atoms with E-state index in [-0.39, 0.29) is 30.0 Å². The summed E-state index contributed by atoms with van der Waals surface area (Å²) in [5.74, 6) is 0.297. The van der Waals surface area contributed by atoms with Crippen LogP contribution in [0.25, 0.3) is 0 Å². The molecule has 0 aromatic heterocycles. The zero-order valence-electron chi connectivity index (χ0n) is 8.64. The Balaban J connectivity index is 1.95. The van der Waals surface area contributed by atoms with Crippen molar-refractivity contribution < 1.29 is 19.1 Å². The van der Waals surface area contributed by atoms with Crippen LogP contribution < -0.4 is 5.32 Å². The van der Waals surface area contributed by atoms with Crippen LogP contribution >= 0.6 is 0 Å². The van der Waals surface area contributed by atoms with Gasteiger partial charge in [-0.1, -0.05) is 0 Å². The largest absolute Gasteiger partial charge is 0.373 e. The van der Waals surface area contributed by atoms with E-state index in [0.717, 1.165) is 0 Å². The normalized spacial score (nSPS) is 38.7. The second kappa shape index (κ2) is 4.28. The molecule has 2 saturated heterocycles. The highest BCUT2D eigenvalue weighted by Crippen LogP contribution is 2.32. The number of fused-ring (bicyclic) bond motifs is 1. The molecule has 15 heavy (non-hydrogen) atoms. The van der Waals surface area contributed by atoms with E-state index in [0.29, 0.717) is 26.0 Å². The second-order valence-corrected chi connectivity index (χ2v) is 4.15. The zero-order chi connectivity index (χ0) is 10.8. The SMILES string of the molecule is CC(=O)CC1COC2C(NC=O)COC12. The third kappa shape index (κ3) is 2.03. The molecule has 0 radical (unpaired) electrons. The van der Waals surface area contributed by atoms with Gasteiger partial charge >= 0.3 is 0 Å². The third-order valence-corrected chi connectivity index (χ3v) is 2.99. The van der Waals surface area contributed by atoms with Crippen LogP contribution in [-0.2, 0) is 19.1 Å². The molecule has 5 nitrogen and oxygen atoms in total. The molecule has 2 fully saturated rings. The molecule has 2 heterocycles. The molecular formula is C10H15NO4. The summed E-state index contributed by atoms with van der Waals surface area (Å²) in [5, 5.41) is 2.67. The van der Waals surface area contributed by atoms with Gasteiger partial charge in [0.25, 0.3) is 0 Å². The highest BCUT2D eigenvalue weighted by molar-refractivity contribution is 5.75. The maximum absolute atomic E-state index is 11.0. The second-order valence-electron chi connectivity index (χ2n) is 4.15. The first-order valence-corrected chi connectivity index (χ1v) is 5.14. The Hall–Kier alpha value is -0.940. The molecule has 2 aliphatic rings. The minimum atomic E-state index is -0.0838. The summed E-state index contributed by atoms with van der Waals surface area (Å²) in [4.78, 5) is 21.3. The number of carbonyl (C=O) groups excluding carboxylic acids is 2. The molecule has 0 spiro atoms. The molecule has 2 aliphatic heterocycles. The van der Waals surface area contributed by atoms with Crippen LogP contribution in [0.15, 0.2) is 0 Å². The van der Waals surface area contributed by atoms with Crippen LogP contribution in [0.5, 0.6) is 0 Å². The first kappa shape index (κ1) is 10.6. The van der Waals surface area contributed by atoms with E-state index in [4.69, 9.17) is 9.47 Å². The lowest BCUT2D eigenvalue weighted by Crippen LogP contribution is -2.40. The van der Waals surface area contributed by atoms with Crippen molar-refractivity contribution in [1.82, 2.24) is 5.32 Å². The molecule has 0 aliphatic carbocycles. The minimum Gasteiger partial charge on any atom is -0.373 e. The van der Waals surface area contributed by atoms with Crippen molar-refractivity contribution in [3.8, 4) is 0 Å². The fourth-order valence-corrected chi connectivity index (χ4v) is 2.35. The van der Waals surface area contributed by atoms with Crippen LogP contribution in [-0.4, -0.2) is 43.7 Å². The van der Waals surface area contributed by atoms with Crippen LogP contribution in [0.2, 0.25) is 0 Å². The van der Waals surface area contributed by atoms with E-state index in [9.17, 15) is 9.59 Å². The number of amides is 1. The van der Waals surface area contributed by atoms with Gasteiger partial charge < -0.3 is 19.6 Å². The molecule has 5 heteroatoms. The highest BCUT2D eigenvalue weighted by atomic mass is 16.6. The van der Waals surface area contributed by atoms with Crippen molar-refractivity contribution in [3.63, 3.8) is 0 Å². The average Bonchev–Trinajstić information content (AvgIpc) is 2.71. The quantitative estimate of drug-likeness (QED) is 0.639. The molecule has 1 amide bonds. The first-order valence-electron chi connectivity index (χ1n) is 5.14. The molecule has 0 aromatic rings. The van der Waals surface area contributed by atoms with Crippen molar-refractivity contribution in [3.05, 3.63) is 0 Å². The summed E-state index contributed by atoms with van der Waals surface area (Å²) in [6.07, 6.45) is 1.04. The maximum Gasteiger partial charge on any atom is 0.207 e. The number of nitrogens with one attached hydrogen (secondary N) is 1. The van der Waals surface area contributed by atoms with Gasteiger partial charge in [-0.2, -0.15) is 0 Å². The Labute approximate surface area is 88.1 Å². The standard InChI is InChI=1S/C10H15NO4/c1-6(13)2-7-3-14-10-8(11-5-12)4-15-9(7)10/h5,7-10H,2-4H2,1H3,(H,11,12). The van der Waals surface area contributed by atoms with Crippen LogP contribution in [0.1, 0.15) is 13.3 Å². The van der Waals surface area contributed by atoms with E-state index in [2.05, 4.69) is 5.32 Å². The van der Waals surface area contributed by atoms with Crippen LogP contribution in [0, 0.1) is 5.92 Å². The molecule has 4 atom stereocenters. The predicted molar refractivity (Wildman–Crippen MR) is 51.3 cm³/mol. The lowest BCUT2D eigenvalue weighted by molar-refractivity contribution is -0.118. The number of Topliss-reactive ketones (excluding diaryl/α,β-unsaturated/α-hetero) is 1. The maximum atomic E-state index is 11.0. The Morgan fingerprint density at radius 1 is 1.40 bits per heavy atom. The monoisotopic (exact) mass is 213 g/mol. The Morgan fingerprint density at radius 2 is 2.13 bits per heavy atom. The number of hydrogen-bond acceptors (Lipinski definition) is 4. The lowest BCUT2D eigenvalue weighted by atomic mass is 9.95. The van der Waals surface area contributed by atoms with E-state index in [1.54, 1.807) is 6.92 Å². The number of rotatable bonds is 4. The number of ether oxygens (including phenoxy) is 2. The Morgan fingerprint density at radius 3 is 2.80 bits per heavy atom. The van der Waals surface area contributed by atoms with Crippen LogP contribution in [0.4, 0.5) is 0 Å². The Bertz CT molecular complexity index is 268. The van der Waals surface area contributed by atoms with E-state index in [1.165, 1.54) is 0 Å². The summed E-state index contributed by atoms with van der Waals surface area (Å²) in [7, 11) is 0. The van der Waals surface area contributed by atoms with Gasteiger partial charge in [0.1, 0.15) is 11.9 Å². The molecule has 84 valence electrons. The first-order chi connectivity index (χ1) is 7.22. The summed E-state index contributed by atoms with van der Waals surface area (Å²) < 4.78 is 11.1. The van der Waals surface area contributed by atoms with Crippen molar-refractivity contribution in [1.29, 1.82) is 0 Å². The molecule has 2 rings (SSSR count). The predicted octanol–water partition coefficient (Wildman–Crippen LogP) is -0.506.